The minimum absolute atomic E-state index is 0.159. The molecule has 0 saturated carbocycles. The van der Waals surface area contributed by atoms with Crippen LogP contribution in [0.2, 0.25) is 0 Å². The lowest BCUT2D eigenvalue weighted by atomic mass is 10.4. The van der Waals surface area contributed by atoms with Crippen molar-refractivity contribution in [1.29, 1.82) is 0 Å². The summed E-state index contributed by atoms with van der Waals surface area (Å²) in [6.45, 7) is 2.61. The zero-order valence-electron chi connectivity index (χ0n) is 5.68. The fourth-order valence-corrected chi connectivity index (χ4v) is 0.411. The smallest absolute Gasteiger partial charge is 0.163 e. The lowest BCUT2D eigenvalue weighted by Gasteiger charge is -2.09. The second-order valence-corrected chi connectivity index (χ2v) is 2.23. The van der Waals surface area contributed by atoms with Gasteiger partial charge in [-0.05, 0) is 19.1 Å². The summed E-state index contributed by atoms with van der Waals surface area (Å²) in [6, 6.07) is 0. The molecule has 1 unspecified atom stereocenters. The molecule has 0 aromatic heterocycles. The summed E-state index contributed by atoms with van der Waals surface area (Å²) >= 11 is 4.57. The zero-order chi connectivity index (χ0) is 7.28. The highest BCUT2D eigenvalue weighted by molar-refractivity contribution is 7.80. The standard InChI is InChI=1S/C5H12N2OS/c1-4(8-2)3-7-5(6)9/h4H,3H2,1-2H3,(H3,6,7,9). The lowest BCUT2D eigenvalue weighted by Crippen LogP contribution is -2.35. The van der Waals surface area contributed by atoms with Gasteiger partial charge in [0.05, 0.1) is 6.10 Å². The fourth-order valence-electron chi connectivity index (χ4n) is 0.328. The quantitative estimate of drug-likeness (QED) is 0.547. The molecule has 1 atom stereocenters. The molecule has 3 nitrogen and oxygen atoms in total. The minimum atomic E-state index is 0.159. The van der Waals surface area contributed by atoms with Crippen molar-refractivity contribution in [1.82, 2.24) is 5.32 Å². The molecule has 0 aliphatic rings. The molecule has 0 aromatic rings. The summed E-state index contributed by atoms with van der Waals surface area (Å²) < 4.78 is 4.92. The summed E-state index contributed by atoms with van der Waals surface area (Å²) in [5.74, 6) is 0. The number of methoxy groups -OCH3 is 1. The van der Waals surface area contributed by atoms with Crippen LogP contribution in [0.1, 0.15) is 6.92 Å². The first-order valence-electron chi connectivity index (χ1n) is 2.73. The van der Waals surface area contributed by atoms with Crippen LogP contribution in [0.5, 0.6) is 0 Å². The van der Waals surface area contributed by atoms with Crippen molar-refractivity contribution in [2.24, 2.45) is 5.73 Å². The number of nitrogens with one attached hydrogen (secondary N) is 1. The van der Waals surface area contributed by atoms with Gasteiger partial charge in [-0.25, -0.2) is 0 Å². The Morgan fingerprint density at radius 3 is 2.78 bits per heavy atom. The van der Waals surface area contributed by atoms with E-state index in [0.717, 1.165) is 0 Å². The number of hydrogen-bond donors (Lipinski definition) is 2. The Kier molecular flexibility index (Phi) is 4.35. The van der Waals surface area contributed by atoms with Gasteiger partial charge in [0.15, 0.2) is 5.11 Å². The third-order valence-electron chi connectivity index (χ3n) is 0.966. The van der Waals surface area contributed by atoms with Gasteiger partial charge in [-0.3, -0.25) is 0 Å². The molecule has 0 heterocycles. The molecule has 0 aliphatic heterocycles. The highest BCUT2D eigenvalue weighted by Gasteiger charge is 1.96. The third kappa shape index (κ3) is 5.52. The minimum Gasteiger partial charge on any atom is -0.380 e. The van der Waals surface area contributed by atoms with Crippen LogP contribution in [0, 0.1) is 0 Å². The molecule has 54 valence electrons. The summed E-state index contributed by atoms with van der Waals surface area (Å²) in [7, 11) is 1.64. The molecule has 0 radical (unpaired) electrons. The Morgan fingerprint density at radius 1 is 1.89 bits per heavy atom. The van der Waals surface area contributed by atoms with Gasteiger partial charge in [0.1, 0.15) is 0 Å². The van der Waals surface area contributed by atoms with Crippen LogP contribution >= 0.6 is 12.2 Å². The predicted molar refractivity (Wildman–Crippen MR) is 41.3 cm³/mol. The van der Waals surface area contributed by atoms with Crippen molar-refractivity contribution in [3.8, 4) is 0 Å². The van der Waals surface area contributed by atoms with E-state index in [-0.39, 0.29) is 6.10 Å². The topological polar surface area (TPSA) is 47.3 Å². The van der Waals surface area contributed by atoms with Gasteiger partial charge in [0.2, 0.25) is 0 Å². The molecule has 0 aliphatic carbocycles. The number of thiocarbonyl (C=S) groups is 1. The van der Waals surface area contributed by atoms with Gasteiger partial charge < -0.3 is 15.8 Å². The molecule has 0 fully saturated rings. The van der Waals surface area contributed by atoms with Crippen LogP contribution in [-0.2, 0) is 4.74 Å². The van der Waals surface area contributed by atoms with E-state index < -0.39 is 0 Å². The Balaban J connectivity index is 3.16. The van der Waals surface area contributed by atoms with Crippen molar-refractivity contribution < 1.29 is 4.74 Å². The van der Waals surface area contributed by atoms with E-state index >= 15 is 0 Å². The van der Waals surface area contributed by atoms with E-state index in [2.05, 4.69) is 17.5 Å². The number of ether oxygens (including phenoxy) is 1. The normalized spacial score (nSPS) is 12.7. The molecule has 3 N–H and O–H groups in total. The average molecular weight is 148 g/mol. The van der Waals surface area contributed by atoms with Gasteiger partial charge in [0, 0.05) is 13.7 Å². The van der Waals surface area contributed by atoms with Crippen molar-refractivity contribution in [3.63, 3.8) is 0 Å². The molecular weight excluding hydrogens is 136 g/mol. The van der Waals surface area contributed by atoms with Crippen LogP contribution in [0.15, 0.2) is 0 Å². The van der Waals surface area contributed by atoms with Crippen molar-refractivity contribution in [2.75, 3.05) is 13.7 Å². The molecule has 0 saturated heterocycles. The van der Waals surface area contributed by atoms with Crippen molar-refractivity contribution in [3.05, 3.63) is 0 Å². The number of rotatable bonds is 3. The molecule has 0 rings (SSSR count). The Labute approximate surface area is 60.6 Å². The SMILES string of the molecule is COC(C)CNC(N)=S. The molecule has 0 bridgehead atoms. The third-order valence-corrected chi connectivity index (χ3v) is 1.11. The molecule has 9 heavy (non-hydrogen) atoms. The second kappa shape index (κ2) is 4.52. The first-order chi connectivity index (χ1) is 4.16. The zero-order valence-corrected chi connectivity index (χ0v) is 6.49. The number of nitrogens with two attached hydrogens (primary N) is 1. The first kappa shape index (κ1) is 8.65. The monoisotopic (exact) mass is 148 g/mol. The van der Waals surface area contributed by atoms with Crippen LogP contribution in [0.4, 0.5) is 0 Å². The summed E-state index contributed by atoms with van der Waals surface area (Å²) in [6.07, 6.45) is 0.159. The van der Waals surface area contributed by atoms with E-state index in [9.17, 15) is 0 Å². The maximum Gasteiger partial charge on any atom is 0.163 e. The highest BCUT2D eigenvalue weighted by atomic mass is 32.1. The number of hydrogen-bond acceptors (Lipinski definition) is 2. The summed E-state index contributed by atoms with van der Waals surface area (Å²) in [5.41, 5.74) is 5.16. The fraction of sp³-hybridized carbons (Fsp3) is 0.800. The van der Waals surface area contributed by atoms with Crippen LogP contribution in [-0.4, -0.2) is 24.9 Å². The van der Waals surface area contributed by atoms with Gasteiger partial charge in [-0.2, -0.15) is 0 Å². The predicted octanol–water partition coefficient (Wildman–Crippen LogP) is -0.145. The van der Waals surface area contributed by atoms with E-state index in [1.54, 1.807) is 7.11 Å². The Bertz CT molecular complexity index is 97.0. The molecule has 0 amide bonds. The molecular formula is C5H12N2OS. The first-order valence-corrected chi connectivity index (χ1v) is 3.13. The van der Waals surface area contributed by atoms with Gasteiger partial charge in [0.25, 0.3) is 0 Å². The van der Waals surface area contributed by atoms with Gasteiger partial charge in [-0.1, -0.05) is 0 Å². The van der Waals surface area contributed by atoms with E-state index in [0.29, 0.717) is 11.7 Å². The molecule has 4 heteroatoms. The van der Waals surface area contributed by atoms with Crippen molar-refractivity contribution >= 4 is 17.3 Å². The summed E-state index contributed by atoms with van der Waals surface area (Å²) in [5, 5.41) is 3.10. The van der Waals surface area contributed by atoms with Gasteiger partial charge >= 0.3 is 0 Å². The van der Waals surface area contributed by atoms with Crippen LogP contribution in [0.25, 0.3) is 0 Å². The molecule has 0 spiro atoms. The second-order valence-electron chi connectivity index (χ2n) is 1.79. The van der Waals surface area contributed by atoms with Crippen LogP contribution < -0.4 is 11.1 Å². The maximum absolute atomic E-state index is 5.16. The average Bonchev–Trinajstić information content (AvgIpc) is 1.83. The molecule has 0 aromatic carbocycles. The summed E-state index contributed by atoms with van der Waals surface area (Å²) in [4.78, 5) is 0. The largest absolute Gasteiger partial charge is 0.380 e. The lowest BCUT2D eigenvalue weighted by molar-refractivity contribution is 0.121. The maximum atomic E-state index is 5.16. The highest BCUT2D eigenvalue weighted by Crippen LogP contribution is 1.81. The van der Waals surface area contributed by atoms with E-state index in [1.165, 1.54) is 0 Å². The Morgan fingerprint density at radius 2 is 2.44 bits per heavy atom. The Hall–Kier alpha value is -0.350. The van der Waals surface area contributed by atoms with Crippen LogP contribution in [0.3, 0.4) is 0 Å². The van der Waals surface area contributed by atoms with Crippen molar-refractivity contribution in [2.45, 2.75) is 13.0 Å². The van der Waals surface area contributed by atoms with E-state index in [4.69, 9.17) is 10.5 Å². The van der Waals surface area contributed by atoms with Gasteiger partial charge in [-0.15, -0.1) is 0 Å². The van der Waals surface area contributed by atoms with E-state index in [1.807, 2.05) is 6.92 Å².